The van der Waals surface area contributed by atoms with Crippen LogP contribution >= 0.6 is 0 Å². The Bertz CT molecular complexity index is 1420. The predicted octanol–water partition coefficient (Wildman–Crippen LogP) is 6.38. The van der Waals surface area contributed by atoms with E-state index in [9.17, 15) is 0 Å². The Balaban J connectivity index is 1.39. The lowest BCUT2D eigenvalue weighted by Crippen LogP contribution is -2.35. The molecule has 2 heterocycles. The SMILES string of the molecule is NC1C=CCC(n2c3ccccc3c3ccccc32)C1c1ccc2c(c1)OC1C=CC=CC21. The summed E-state index contributed by atoms with van der Waals surface area (Å²) in [7, 11) is 0. The third-order valence-electron chi connectivity index (χ3n) is 7.64. The van der Waals surface area contributed by atoms with E-state index >= 15 is 0 Å². The number of hydrogen-bond donors (Lipinski definition) is 1. The molecule has 5 atom stereocenters. The van der Waals surface area contributed by atoms with Crippen molar-refractivity contribution in [3.8, 4) is 5.75 Å². The summed E-state index contributed by atoms with van der Waals surface area (Å²) >= 11 is 0. The van der Waals surface area contributed by atoms with Crippen LogP contribution in [0.1, 0.15) is 35.4 Å². The smallest absolute Gasteiger partial charge is 0.128 e. The van der Waals surface area contributed by atoms with Crippen molar-refractivity contribution in [2.75, 3.05) is 0 Å². The highest BCUT2D eigenvalue weighted by Gasteiger charge is 2.36. The van der Waals surface area contributed by atoms with Crippen molar-refractivity contribution in [2.45, 2.75) is 36.4 Å². The highest BCUT2D eigenvalue weighted by atomic mass is 16.5. The van der Waals surface area contributed by atoms with E-state index in [-0.39, 0.29) is 24.1 Å². The number of aromatic nitrogens is 1. The predicted molar refractivity (Wildman–Crippen MR) is 135 cm³/mol. The van der Waals surface area contributed by atoms with Crippen molar-refractivity contribution < 1.29 is 4.74 Å². The van der Waals surface area contributed by atoms with E-state index in [1.807, 2.05) is 0 Å². The fraction of sp³-hybridized carbons (Fsp3) is 0.200. The van der Waals surface area contributed by atoms with Crippen LogP contribution in [0.15, 0.2) is 103 Å². The Hall–Kier alpha value is -3.56. The van der Waals surface area contributed by atoms with Crippen molar-refractivity contribution in [3.63, 3.8) is 0 Å². The number of hydrogen-bond acceptors (Lipinski definition) is 2. The summed E-state index contributed by atoms with van der Waals surface area (Å²) < 4.78 is 8.87. The lowest BCUT2D eigenvalue weighted by Gasteiger charge is -2.35. The number of nitrogens with zero attached hydrogens (tertiary/aromatic N) is 1. The Morgan fingerprint density at radius 3 is 2.33 bits per heavy atom. The summed E-state index contributed by atoms with van der Waals surface area (Å²) in [6.07, 6.45) is 14.1. The van der Waals surface area contributed by atoms with Crippen LogP contribution in [0.2, 0.25) is 0 Å². The molecule has 0 saturated carbocycles. The maximum absolute atomic E-state index is 6.79. The molecule has 3 aromatic carbocycles. The molecule has 0 saturated heterocycles. The molecule has 0 fully saturated rings. The molecule has 2 aliphatic carbocycles. The van der Waals surface area contributed by atoms with E-state index in [0.29, 0.717) is 5.92 Å². The lowest BCUT2D eigenvalue weighted by atomic mass is 9.79. The molecule has 33 heavy (non-hydrogen) atoms. The molecule has 0 spiro atoms. The van der Waals surface area contributed by atoms with Gasteiger partial charge in [-0.1, -0.05) is 78.9 Å². The van der Waals surface area contributed by atoms with Gasteiger partial charge < -0.3 is 15.0 Å². The maximum atomic E-state index is 6.79. The highest BCUT2D eigenvalue weighted by Crippen LogP contribution is 2.47. The Kier molecular flexibility index (Phi) is 4.15. The molecule has 162 valence electrons. The van der Waals surface area contributed by atoms with Crippen molar-refractivity contribution in [1.29, 1.82) is 0 Å². The number of allylic oxidation sites excluding steroid dienone is 3. The van der Waals surface area contributed by atoms with Crippen molar-refractivity contribution in [2.24, 2.45) is 5.73 Å². The summed E-state index contributed by atoms with van der Waals surface area (Å²) in [4.78, 5) is 0. The molecular weight excluding hydrogens is 404 g/mol. The second-order valence-electron chi connectivity index (χ2n) is 9.41. The van der Waals surface area contributed by atoms with Crippen LogP contribution in [0.25, 0.3) is 21.8 Å². The fourth-order valence-electron chi connectivity index (χ4n) is 6.18. The van der Waals surface area contributed by atoms with E-state index in [0.717, 1.165) is 12.2 Å². The molecule has 0 amide bonds. The minimum Gasteiger partial charge on any atom is -0.485 e. The molecule has 3 nitrogen and oxygen atoms in total. The summed E-state index contributed by atoms with van der Waals surface area (Å²) in [6, 6.07) is 24.4. The minimum atomic E-state index is -0.0507. The van der Waals surface area contributed by atoms with Gasteiger partial charge in [-0.2, -0.15) is 0 Å². The zero-order valence-electron chi connectivity index (χ0n) is 18.3. The largest absolute Gasteiger partial charge is 0.485 e. The van der Waals surface area contributed by atoms with Crippen LogP contribution in [0.4, 0.5) is 0 Å². The molecule has 3 heteroatoms. The van der Waals surface area contributed by atoms with Gasteiger partial charge in [-0.05, 0) is 36.3 Å². The summed E-state index contributed by atoms with van der Waals surface area (Å²) in [6.45, 7) is 0. The van der Waals surface area contributed by atoms with Gasteiger partial charge in [0.25, 0.3) is 0 Å². The first kappa shape index (κ1) is 19.0. The molecule has 2 N–H and O–H groups in total. The first-order chi connectivity index (χ1) is 16.3. The van der Waals surface area contributed by atoms with Gasteiger partial charge in [0.1, 0.15) is 11.9 Å². The van der Waals surface area contributed by atoms with Crippen molar-refractivity contribution in [1.82, 2.24) is 4.57 Å². The lowest BCUT2D eigenvalue weighted by molar-refractivity contribution is 0.268. The van der Waals surface area contributed by atoms with Gasteiger partial charge in [0.15, 0.2) is 0 Å². The second kappa shape index (κ2) is 7.23. The van der Waals surface area contributed by atoms with Gasteiger partial charge >= 0.3 is 0 Å². The summed E-state index contributed by atoms with van der Waals surface area (Å²) in [5.74, 6) is 1.48. The van der Waals surface area contributed by atoms with Crippen LogP contribution in [0.5, 0.6) is 5.75 Å². The van der Waals surface area contributed by atoms with E-state index in [4.69, 9.17) is 10.5 Å². The van der Waals surface area contributed by atoms with Gasteiger partial charge in [0.05, 0.1) is 0 Å². The topological polar surface area (TPSA) is 40.2 Å². The number of fused-ring (bicyclic) bond motifs is 6. The quantitative estimate of drug-likeness (QED) is 0.375. The van der Waals surface area contributed by atoms with Gasteiger partial charge in [0, 0.05) is 51.3 Å². The number of rotatable bonds is 2. The zero-order chi connectivity index (χ0) is 21.9. The molecule has 1 aromatic heterocycles. The second-order valence-corrected chi connectivity index (χ2v) is 9.41. The van der Waals surface area contributed by atoms with E-state index in [1.54, 1.807) is 0 Å². The Morgan fingerprint density at radius 1 is 0.818 bits per heavy atom. The van der Waals surface area contributed by atoms with Gasteiger partial charge in [-0.15, -0.1) is 0 Å². The van der Waals surface area contributed by atoms with E-state index < -0.39 is 0 Å². The zero-order valence-corrected chi connectivity index (χ0v) is 18.3. The van der Waals surface area contributed by atoms with E-state index in [1.165, 1.54) is 32.9 Å². The van der Waals surface area contributed by atoms with Crippen LogP contribution < -0.4 is 10.5 Å². The fourth-order valence-corrected chi connectivity index (χ4v) is 6.18. The molecule has 7 rings (SSSR count). The third kappa shape index (κ3) is 2.79. The highest BCUT2D eigenvalue weighted by molar-refractivity contribution is 6.08. The van der Waals surface area contributed by atoms with Crippen LogP contribution in [0, 0.1) is 0 Å². The normalized spacial score (nSPS) is 27.6. The summed E-state index contributed by atoms with van der Waals surface area (Å²) in [5.41, 5.74) is 11.9. The van der Waals surface area contributed by atoms with Crippen LogP contribution in [0.3, 0.4) is 0 Å². The van der Waals surface area contributed by atoms with Crippen molar-refractivity contribution in [3.05, 3.63) is 114 Å². The maximum Gasteiger partial charge on any atom is 0.128 e. The Labute approximate surface area is 193 Å². The molecule has 0 radical (unpaired) electrons. The average Bonchev–Trinajstić information content (AvgIpc) is 3.39. The number of ether oxygens (including phenoxy) is 1. The number of benzene rings is 3. The number of para-hydroxylation sites is 2. The van der Waals surface area contributed by atoms with Gasteiger partial charge in [0.2, 0.25) is 0 Å². The Morgan fingerprint density at radius 2 is 1.55 bits per heavy atom. The molecule has 3 aliphatic rings. The first-order valence-electron chi connectivity index (χ1n) is 11.8. The van der Waals surface area contributed by atoms with Gasteiger partial charge in [-0.25, -0.2) is 0 Å². The van der Waals surface area contributed by atoms with Crippen LogP contribution in [-0.2, 0) is 0 Å². The summed E-state index contributed by atoms with van der Waals surface area (Å²) in [5, 5.41) is 2.60. The monoisotopic (exact) mass is 430 g/mol. The minimum absolute atomic E-state index is 0.0507. The average molecular weight is 431 g/mol. The number of nitrogens with two attached hydrogens (primary N) is 1. The van der Waals surface area contributed by atoms with Crippen molar-refractivity contribution >= 4 is 21.8 Å². The first-order valence-corrected chi connectivity index (χ1v) is 11.8. The standard InChI is InChI=1S/C30H26N2O/c31-24-11-7-14-27(32-25-12-4-1-8-20(25)21-9-2-5-13-26(21)32)30(24)19-16-17-23-22-10-3-6-15-28(22)33-29(23)18-19/h1-13,15-18,22,24,27-28,30H,14,31H2. The molecule has 4 aromatic rings. The molecular formula is C30H26N2O. The van der Waals surface area contributed by atoms with E-state index in [2.05, 4.69) is 108 Å². The molecule has 5 unspecified atom stereocenters. The van der Waals surface area contributed by atoms with Gasteiger partial charge in [-0.3, -0.25) is 0 Å². The van der Waals surface area contributed by atoms with Crippen LogP contribution in [-0.4, -0.2) is 16.7 Å². The third-order valence-corrected chi connectivity index (χ3v) is 7.64. The molecule has 0 bridgehead atoms. The molecule has 1 aliphatic heterocycles.